The van der Waals surface area contributed by atoms with E-state index in [1.807, 2.05) is 20.8 Å². The molecule has 0 unspecified atom stereocenters. The number of esters is 1. The molecule has 7 heteroatoms. The topological polar surface area (TPSA) is 93.3 Å². The van der Waals surface area contributed by atoms with Crippen LogP contribution in [-0.4, -0.2) is 41.0 Å². The molecule has 2 rings (SSSR count). The van der Waals surface area contributed by atoms with Crippen LogP contribution in [-0.2, 0) is 15.9 Å². The molecule has 0 atom stereocenters. The molecule has 130 valence electrons. The zero-order valence-corrected chi connectivity index (χ0v) is 14.4. The van der Waals surface area contributed by atoms with E-state index < -0.39 is 11.7 Å². The van der Waals surface area contributed by atoms with Crippen molar-refractivity contribution in [1.82, 2.24) is 15.5 Å². The molecule has 0 saturated heterocycles. The van der Waals surface area contributed by atoms with Gasteiger partial charge in [-0.15, -0.1) is 0 Å². The van der Waals surface area contributed by atoms with Crippen molar-refractivity contribution in [3.05, 3.63) is 29.5 Å². The SMILES string of the molecule is CCOC(=O)c1ccc2n[nH]c(CCNC(=O)OC(C)(C)C)c2c1. The predicted molar refractivity (Wildman–Crippen MR) is 90.0 cm³/mol. The van der Waals surface area contributed by atoms with Crippen LogP contribution >= 0.6 is 0 Å². The van der Waals surface area contributed by atoms with Gasteiger partial charge in [-0.1, -0.05) is 0 Å². The van der Waals surface area contributed by atoms with E-state index >= 15 is 0 Å². The van der Waals surface area contributed by atoms with E-state index in [1.54, 1.807) is 25.1 Å². The van der Waals surface area contributed by atoms with Gasteiger partial charge >= 0.3 is 12.1 Å². The Morgan fingerprint density at radius 1 is 1.29 bits per heavy atom. The van der Waals surface area contributed by atoms with Gasteiger partial charge in [0.15, 0.2) is 0 Å². The lowest BCUT2D eigenvalue weighted by atomic mass is 10.1. The Bertz CT molecular complexity index is 731. The highest BCUT2D eigenvalue weighted by molar-refractivity contribution is 5.95. The van der Waals surface area contributed by atoms with Crippen LogP contribution in [0.5, 0.6) is 0 Å². The van der Waals surface area contributed by atoms with Crippen LogP contribution in [0.4, 0.5) is 4.79 Å². The summed E-state index contributed by atoms with van der Waals surface area (Å²) < 4.78 is 10.2. The highest BCUT2D eigenvalue weighted by Gasteiger charge is 2.16. The van der Waals surface area contributed by atoms with Crippen molar-refractivity contribution in [1.29, 1.82) is 0 Å². The normalized spacial score (nSPS) is 11.3. The molecule has 1 heterocycles. The first-order valence-corrected chi connectivity index (χ1v) is 7.91. The molecule has 0 bridgehead atoms. The molecular formula is C17H23N3O4. The van der Waals surface area contributed by atoms with Gasteiger partial charge in [-0.3, -0.25) is 5.10 Å². The number of hydrogen-bond donors (Lipinski definition) is 2. The molecule has 0 radical (unpaired) electrons. The number of nitrogens with zero attached hydrogens (tertiary/aromatic N) is 1. The fourth-order valence-corrected chi connectivity index (χ4v) is 2.20. The maximum absolute atomic E-state index is 11.8. The summed E-state index contributed by atoms with van der Waals surface area (Å²) in [7, 11) is 0. The summed E-state index contributed by atoms with van der Waals surface area (Å²) in [6.45, 7) is 7.93. The Hall–Kier alpha value is -2.57. The van der Waals surface area contributed by atoms with Gasteiger partial charge in [0.05, 0.1) is 17.7 Å². The molecule has 24 heavy (non-hydrogen) atoms. The van der Waals surface area contributed by atoms with Gasteiger partial charge in [-0.2, -0.15) is 5.10 Å². The second kappa shape index (κ2) is 7.33. The number of aromatic nitrogens is 2. The number of aromatic amines is 1. The van der Waals surface area contributed by atoms with Gasteiger partial charge in [-0.05, 0) is 45.9 Å². The smallest absolute Gasteiger partial charge is 0.407 e. The van der Waals surface area contributed by atoms with Crippen molar-refractivity contribution in [2.75, 3.05) is 13.2 Å². The average molecular weight is 333 g/mol. The second-order valence-electron chi connectivity index (χ2n) is 6.33. The van der Waals surface area contributed by atoms with Gasteiger partial charge in [0.2, 0.25) is 0 Å². The lowest BCUT2D eigenvalue weighted by molar-refractivity contribution is 0.0517. The molecule has 1 aromatic carbocycles. The minimum absolute atomic E-state index is 0.328. The van der Waals surface area contributed by atoms with Crippen LogP contribution in [0.25, 0.3) is 10.9 Å². The fourth-order valence-electron chi connectivity index (χ4n) is 2.20. The zero-order valence-electron chi connectivity index (χ0n) is 14.4. The van der Waals surface area contributed by atoms with Crippen molar-refractivity contribution in [3.63, 3.8) is 0 Å². The number of hydrogen-bond acceptors (Lipinski definition) is 5. The summed E-state index contributed by atoms with van der Waals surface area (Å²) in [5.41, 5.74) is 1.55. The quantitative estimate of drug-likeness (QED) is 0.821. The summed E-state index contributed by atoms with van der Waals surface area (Å²) in [5, 5.41) is 10.7. The Morgan fingerprint density at radius 3 is 2.71 bits per heavy atom. The first-order chi connectivity index (χ1) is 11.3. The van der Waals surface area contributed by atoms with Crippen LogP contribution in [0.2, 0.25) is 0 Å². The second-order valence-corrected chi connectivity index (χ2v) is 6.33. The number of fused-ring (bicyclic) bond motifs is 1. The highest BCUT2D eigenvalue weighted by atomic mass is 16.6. The summed E-state index contributed by atoms with van der Waals surface area (Å²) in [5.74, 6) is -0.363. The Kier molecular flexibility index (Phi) is 5.43. The molecule has 1 amide bonds. The summed E-state index contributed by atoms with van der Waals surface area (Å²) in [4.78, 5) is 23.5. The number of nitrogens with one attached hydrogen (secondary N) is 2. The third kappa shape index (κ3) is 4.71. The van der Waals surface area contributed by atoms with Crippen molar-refractivity contribution in [2.45, 2.75) is 39.7 Å². The Balaban J connectivity index is 2.03. The van der Waals surface area contributed by atoms with Crippen LogP contribution in [0.1, 0.15) is 43.7 Å². The molecule has 0 aliphatic heterocycles. The summed E-state index contributed by atoms with van der Waals surface area (Å²) >= 11 is 0. The van der Waals surface area contributed by atoms with Crippen molar-refractivity contribution in [2.24, 2.45) is 0 Å². The van der Waals surface area contributed by atoms with Gasteiger partial charge in [0, 0.05) is 24.0 Å². The Morgan fingerprint density at radius 2 is 2.04 bits per heavy atom. The number of carbonyl (C=O) groups is 2. The van der Waals surface area contributed by atoms with Crippen LogP contribution in [0.3, 0.4) is 0 Å². The van der Waals surface area contributed by atoms with Crippen LogP contribution in [0.15, 0.2) is 18.2 Å². The van der Waals surface area contributed by atoms with E-state index in [2.05, 4.69) is 15.5 Å². The standard InChI is InChI=1S/C17H23N3O4/c1-5-23-15(21)11-6-7-13-12(10-11)14(20-19-13)8-9-18-16(22)24-17(2,3)4/h6-7,10H,5,8-9H2,1-4H3,(H,18,22)(H,19,20). The molecular weight excluding hydrogens is 310 g/mol. The van der Waals surface area contributed by atoms with Gasteiger partial charge in [0.1, 0.15) is 5.60 Å². The number of carbonyl (C=O) groups excluding carboxylic acids is 2. The maximum atomic E-state index is 11.8. The number of rotatable bonds is 5. The maximum Gasteiger partial charge on any atom is 0.407 e. The minimum atomic E-state index is -0.528. The van der Waals surface area contributed by atoms with Gasteiger partial charge < -0.3 is 14.8 Å². The first kappa shape index (κ1) is 17.8. The Labute approximate surface area is 140 Å². The number of ether oxygens (including phenoxy) is 2. The molecule has 0 spiro atoms. The number of H-pyrrole nitrogens is 1. The number of amides is 1. The predicted octanol–water partition coefficient (Wildman–Crippen LogP) is 2.81. The van der Waals surface area contributed by atoms with E-state index in [9.17, 15) is 9.59 Å². The van der Waals surface area contributed by atoms with Crippen molar-refractivity contribution in [3.8, 4) is 0 Å². The van der Waals surface area contributed by atoms with Gasteiger partial charge in [0.25, 0.3) is 0 Å². The van der Waals surface area contributed by atoms with E-state index in [0.29, 0.717) is 25.1 Å². The zero-order chi connectivity index (χ0) is 17.7. The lowest BCUT2D eigenvalue weighted by Gasteiger charge is -2.19. The molecule has 0 saturated carbocycles. The van der Waals surface area contributed by atoms with E-state index in [1.165, 1.54) is 0 Å². The summed E-state index contributed by atoms with van der Waals surface area (Å²) in [6.07, 6.45) is 0.0840. The van der Waals surface area contributed by atoms with Crippen LogP contribution < -0.4 is 5.32 Å². The molecule has 7 nitrogen and oxygen atoms in total. The molecule has 0 aliphatic rings. The largest absolute Gasteiger partial charge is 0.462 e. The fraction of sp³-hybridized carbons (Fsp3) is 0.471. The molecule has 1 aromatic heterocycles. The van der Waals surface area contributed by atoms with E-state index in [0.717, 1.165) is 16.6 Å². The van der Waals surface area contributed by atoms with E-state index in [4.69, 9.17) is 9.47 Å². The molecule has 2 aromatic rings. The highest BCUT2D eigenvalue weighted by Crippen LogP contribution is 2.19. The minimum Gasteiger partial charge on any atom is -0.462 e. The molecule has 2 N–H and O–H groups in total. The molecule has 0 aliphatic carbocycles. The van der Waals surface area contributed by atoms with E-state index in [-0.39, 0.29) is 5.97 Å². The third-order valence-corrected chi connectivity index (χ3v) is 3.19. The van der Waals surface area contributed by atoms with Crippen molar-refractivity contribution < 1.29 is 19.1 Å². The third-order valence-electron chi connectivity index (χ3n) is 3.19. The first-order valence-electron chi connectivity index (χ1n) is 7.91. The van der Waals surface area contributed by atoms with Crippen molar-refractivity contribution >= 4 is 23.0 Å². The average Bonchev–Trinajstić information content (AvgIpc) is 2.88. The number of benzene rings is 1. The van der Waals surface area contributed by atoms with Crippen LogP contribution in [0, 0.1) is 0 Å². The number of alkyl carbamates (subject to hydrolysis) is 1. The lowest BCUT2D eigenvalue weighted by Crippen LogP contribution is -2.33. The van der Waals surface area contributed by atoms with Gasteiger partial charge in [-0.25, -0.2) is 9.59 Å². The molecule has 0 fully saturated rings. The summed E-state index contributed by atoms with van der Waals surface area (Å²) in [6, 6.07) is 5.20. The monoisotopic (exact) mass is 333 g/mol.